The highest BCUT2D eigenvalue weighted by Gasteiger charge is 2.32. The van der Waals surface area contributed by atoms with Crippen molar-refractivity contribution < 1.29 is 9.90 Å². The first-order chi connectivity index (χ1) is 10.9. The van der Waals surface area contributed by atoms with Crippen LogP contribution in [0.15, 0.2) is 35.3 Å². The van der Waals surface area contributed by atoms with Crippen LogP contribution in [0.3, 0.4) is 0 Å². The van der Waals surface area contributed by atoms with Crippen LogP contribution < -0.4 is 5.43 Å². The Labute approximate surface area is 160 Å². The maximum atomic E-state index is 12.8. The average molecular weight is 536 g/mol. The van der Waals surface area contributed by atoms with E-state index in [-0.39, 0.29) is 17.6 Å². The van der Waals surface area contributed by atoms with Crippen molar-refractivity contribution in [1.29, 1.82) is 0 Å². The number of hydrogen-bond donors (Lipinski definition) is 1. The van der Waals surface area contributed by atoms with E-state index in [0.29, 0.717) is 13.1 Å². The van der Waals surface area contributed by atoms with Gasteiger partial charge in [-0.15, -0.1) is 0 Å². The molecule has 5 nitrogen and oxygen atoms in total. The minimum Gasteiger partial charge on any atom is -0.503 e. The Morgan fingerprint density at radius 3 is 2.65 bits per heavy atom. The Morgan fingerprint density at radius 1 is 1.22 bits per heavy atom. The van der Waals surface area contributed by atoms with E-state index >= 15 is 0 Å². The second-order valence-electron chi connectivity index (χ2n) is 5.56. The van der Waals surface area contributed by atoms with Crippen molar-refractivity contribution in [1.82, 2.24) is 9.47 Å². The number of rotatable bonds is 2. The fourth-order valence-electron chi connectivity index (χ4n) is 2.72. The quantitative estimate of drug-likeness (QED) is 0.602. The maximum absolute atomic E-state index is 12.8. The molecule has 1 aromatic heterocycles. The van der Waals surface area contributed by atoms with Gasteiger partial charge in [0.05, 0.1) is 0 Å². The fraction of sp³-hybridized carbons (Fsp3) is 0.250. The van der Waals surface area contributed by atoms with E-state index in [4.69, 9.17) is 0 Å². The molecule has 3 rings (SSSR count). The molecule has 2 aromatic rings. The summed E-state index contributed by atoms with van der Waals surface area (Å²) in [5.74, 6) is -0.779. The predicted molar refractivity (Wildman–Crippen MR) is 104 cm³/mol. The van der Waals surface area contributed by atoms with Gasteiger partial charge in [-0.1, -0.05) is 6.07 Å². The lowest BCUT2D eigenvalue weighted by molar-refractivity contribution is 0.0587. The molecule has 1 N–H and O–H groups in total. The van der Waals surface area contributed by atoms with Crippen LogP contribution in [0.25, 0.3) is 0 Å². The molecule has 1 atom stereocenters. The molecule has 0 aliphatic carbocycles. The van der Waals surface area contributed by atoms with Crippen molar-refractivity contribution in [3.05, 3.63) is 59.1 Å². The third-order valence-corrected chi connectivity index (χ3v) is 6.81. The number of carbonyl (C=O) groups is 1. The Hall–Kier alpha value is -1.10. The number of aromatic hydroxyl groups is 1. The molecule has 7 heteroatoms. The van der Waals surface area contributed by atoms with E-state index in [1.807, 2.05) is 19.1 Å². The van der Waals surface area contributed by atoms with Crippen molar-refractivity contribution in [2.24, 2.45) is 0 Å². The number of aromatic nitrogens is 1. The first kappa shape index (κ1) is 16.7. The monoisotopic (exact) mass is 536 g/mol. The number of hydrogen-bond acceptors (Lipinski definition) is 3. The number of amides is 1. The van der Waals surface area contributed by atoms with Crippen molar-refractivity contribution in [3.63, 3.8) is 0 Å². The fourth-order valence-corrected chi connectivity index (χ4v) is 3.64. The second kappa shape index (κ2) is 6.42. The van der Waals surface area contributed by atoms with Crippen molar-refractivity contribution >= 4 is 51.1 Å². The predicted octanol–water partition coefficient (Wildman–Crippen LogP) is 2.81. The van der Waals surface area contributed by atoms with E-state index in [9.17, 15) is 14.7 Å². The van der Waals surface area contributed by atoms with E-state index < -0.39 is 11.2 Å². The van der Waals surface area contributed by atoms with Gasteiger partial charge in [0.25, 0.3) is 5.91 Å². The molecular weight excluding hydrogens is 522 g/mol. The Bertz CT molecular complexity index is 848. The Morgan fingerprint density at radius 2 is 1.96 bits per heavy atom. The first-order valence-corrected chi connectivity index (χ1v) is 9.21. The highest BCUT2D eigenvalue weighted by atomic mass is 127. The number of benzene rings is 1. The Kier molecular flexibility index (Phi) is 4.68. The standard InChI is InChI=1S/C16H14I2N2O3/c1-9-7-19-5-4-13(21)15(22)14(19)16(23)20(9)8-10-2-3-11(17)12(18)6-10/h2-6,9,22H,7-8H2,1H3. The minimum atomic E-state index is -0.525. The van der Waals surface area contributed by atoms with Crippen LogP contribution >= 0.6 is 45.2 Å². The molecule has 1 unspecified atom stereocenters. The summed E-state index contributed by atoms with van der Waals surface area (Å²) in [6.45, 7) is 2.97. The van der Waals surface area contributed by atoms with Crippen LogP contribution in [-0.4, -0.2) is 26.5 Å². The van der Waals surface area contributed by atoms with Gasteiger partial charge in [-0.25, -0.2) is 0 Å². The summed E-state index contributed by atoms with van der Waals surface area (Å²) < 4.78 is 3.95. The van der Waals surface area contributed by atoms with Gasteiger partial charge >= 0.3 is 0 Å². The normalized spacial score (nSPS) is 17.3. The summed E-state index contributed by atoms with van der Waals surface area (Å²) in [5, 5.41) is 9.98. The van der Waals surface area contributed by atoms with Gasteiger partial charge in [0.1, 0.15) is 0 Å². The largest absolute Gasteiger partial charge is 0.503 e. The molecule has 1 amide bonds. The highest BCUT2D eigenvalue weighted by Crippen LogP contribution is 2.25. The zero-order valence-electron chi connectivity index (χ0n) is 12.3. The van der Waals surface area contributed by atoms with Crippen molar-refractivity contribution in [2.75, 3.05) is 0 Å². The van der Waals surface area contributed by atoms with E-state index in [0.717, 1.165) is 9.13 Å². The molecule has 120 valence electrons. The lowest BCUT2D eigenvalue weighted by Crippen LogP contribution is -2.46. The molecule has 1 aliphatic heterocycles. The molecule has 2 heterocycles. The zero-order chi connectivity index (χ0) is 16.7. The third-order valence-electron chi connectivity index (χ3n) is 3.94. The van der Waals surface area contributed by atoms with Gasteiger partial charge in [-0.3, -0.25) is 9.59 Å². The topological polar surface area (TPSA) is 62.5 Å². The summed E-state index contributed by atoms with van der Waals surface area (Å²) in [4.78, 5) is 26.1. The average Bonchev–Trinajstić information content (AvgIpc) is 2.50. The van der Waals surface area contributed by atoms with Crippen LogP contribution in [0, 0.1) is 7.14 Å². The summed E-state index contributed by atoms with van der Waals surface area (Å²) in [5.41, 5.74) is 0.583. The van der Waals surface area contributed by atoms with Gasteiger partial charge < -0.3 is 14.6 Å². The lowest BCUT2D eigenvalue weighted by atomic mass is 10.1. The van der Waals surface area contributed by atoms with Gasteiger partial charge in [0.2, 0.25) is 5.43 Å². The summed E-state index contributed by atoms with van der Waals surface area (Å²) in [6, 6.07) is 7.34. The summed E-state index contributed by atoms with van der Waals surface area (Å²) in [7, 11) is 0. The zero-order valence-corrected chi connectivity index (χ0v) is 16.6. The van der Waals surface area contributed by atoms with Crippen LogP contribution in [0.2, 0.25) is 0 Å². The Balaban J connectivity index is 1.97. The van der Waals surface area contributed by atoms with Crippen LogP contribution in [0.5, 0.6) is 5.75 Å². The van der Waals surface area contributed by atoms with E-state index in [1.165, 1.54) is 9.64 Å². The maximum Gasteiger partial charge on any atom is 0.275 e. The summed E-state index contributed by atoms with van der Waals surface area (Å²) >= 11 is 4.54. The lowest BCUT2D eigenvalue weighted by Gasteiger charge is -2.35. The molecule has 0 saturated carbocycles. The van der Waals surface area contributed by atoms with Crippen LogP contribution in [-0.2, 0) is 13.1 Å². The molecule has 0 saturated heterocycles. The first-order valence-electron chi connectivity index (χ1n) is 7.06. The second-order valence-corrected chi connectivity index (χ2v) is 7.88. The molecule has 1 aliphatic rings. The molecule has 0 spiro atoms. The van der Waals surface area contributed by atoms with Crippen LogP contribution in [0.1, 0.15) is 23.0 Å². The smallest absolute Gasteiger partial charge is 0.275 e. The van der Waals surface area contributed by atoms with Gasteiger partial charge in [-0.05, 0) is 69.8 Å². The molecule has 0 radical (unpaired) electrons. The summed E-state index contributed by atoms with van der Waals surface area (Å²) in [6.07, 6.45) is 1.57. The molecule has 0 fully saturated rings. The number of fused-ring (bicyclic) bond motifs is 1. The van der Waals surface area contributed by atoms with E-state index in [1.54, 1.807) is 15.7 Å². The SMILES string of the molecule is CC1Cn2ccc(=O)c(O)c2C(=O)N1Cc1ccc(I)c(I)c1. The molecule has 0 bridgehead atoms. The highest BCUT2D eigenvalue weighted by molar-refractivity contribution is 14.1. The van der Waals surface area contributed by atoms with Gasteiger partial charge in [0, 0.05) is 38.5 Å². The van der Waals surface area contributed by atoms with Gasteiger partial charge in [-0.2, -0.15) is 0 Å². The van der Waals surface area contributed by atoms with Crippen molar-refractivity contribution in [2.45, 2.75) is 26.1 Å². The van der Waals surface area contributed by atoms with Crippen LogP contribution in [0.4, 0.5) is 0 Å². The van der Waals surface area contributed by atoms with Crippen molar-refractivity contribution in [3.8, 4) is 5.75 Å². The molecular formula is C16H14I2N2O3. The van der Waals surface area contributed by atoms with Gasteiger partial charge in [0.15, 0.2) is 11.4 Å². The number of pyridine rings is 1. The number of halogens is 2. The number of nitrogens with zero attached hydrogens (tertiary/aromatic N) is 2. The van der Waals surface area contributed by atoms with E-state index in [2.05, 4.69) is 51.2 Å². The third kappa shape index (κ3) is 3.12. The minimum absolute atomic E-state index is 0.0196. The molecule has 1 aromatic carbocycles. The number of carbonyl (C=O) groups excluding carboxylic acids is 1. The molecule has 23 heavy (non-hydrogen) atoms.